The number of nitriles is 1. The first-order valence-corrected chi connectivity index (χ1v) is 11.6. The average Bonchev–Trinajstić information content (AvgIpc) is 3.47. The molecule has 4 rings (SSSR count). The van der Waals surface area contributed by atoms with Gasteiger partial charge in [0.15, 0.2) is 5.82 Å². The number of anilines is 2. The minimum absolute atomic E-state index is 0.00633. The molecule has 0 bridgehead atoms. The van der Waals surface area contributed by atoms with Gasteiger partial charge in [0.1, 0.15) is 22.5 Å². The van der Waals surface area contributed by atoms with Crippen LogP contribution >= 0.6 is 0 Å². The summed E-state index contributed by atoms with van der Waals surface area (Å²) < 4.78 is 7.43. The fraction of sp³-hybridized carbons (Fsp3) is 0.522. The zero-order chi connectivity index (χ0) is 24.1. The average molecular weight is 466 g/mol. The van der Waals surface area contributed by atoms with E-state index >= 15 is 0 Å². The molecule has 0 spiro atoms. The van der Waals surface area contributed by atoms with E-state index in [0.29, 0.717) is 42.3 Å². The number of rotatable bonds is 10. The van der Waals surface area contributed by atoms with Crippen LogP contribution in [0.4, 0.5) is 11.8 Å². The maximum atomic E-state index is 9.45. The maximum absolute atomic E-state index is 9.45. The zero-order valence-corrected chi connectivity index (χ0v) is 19.5. The molecule has 1 aliphatic rings. The standard InChI is InChI=1S/C23H31N9O2/c1-3-4-16(5-6-33)29-22-21-18(30-23(25)31-22)12-28-32(21)13-19-20(34-2)8-15(11-27-19)17-7-14(9-24)10-26-17/h8,11-12,14,16-17,26,33H,3-7,10,13H2,1-2H3,(H3,25,29,30,31)/t14-,16-,17?/m0/s1. The van der Waals surface area contributed by atoms with Gasteiger partial charge in [-0.3, -0.25) is 9.67 Å². The summed E-state index contributed by atoms with van der Waals surface area (Å²) in [6.45, 7) is 3.22. The van der Waals surface area contributed by atoms with Gasteiger partial charge in [-0.25, -0.2) is 4.98 Å². The summed E-state index contributed by atoms with van der Waals surface area (Å²) in [4.78, 5) is 13.4. The lowest BCUT2D eigenvalue weighted by molar-refractivity contribution is 0.276. The number of aliphatic hydroxyl groups excluding tert-OH is 1. The summed E-state index contributed by atoms with van der Waals surface area (Å²) in [5, 5.41) is 29.9. The van der Waals surface area contributed by atoms with Gasteiger partial charge >= 0.3 is 0 Å². The van der Waals surface area contributed by atoms with Gasteiger partial charge in [0.05, 0.1) is 31.8 Å². The van der Waals surface area contributed by atoms with Crippen molar-refractivity contribution >= 4 is 22.8 Å². The van der Waals surface area contributed by atoms with E-state index in [2.05, 4.69) is 43.7 Å². The van der Waals surface area contributed by atoms with Crippen LogP contribution in [-0.2, 0) is 6.54 Å². The minimum atomic E-state index is 0.00633. The molecular formula is C23H31N9O2. The Morgan fingerprint density at radius 2 is 2.24 bits per heavy atom. The number of ether oxygens (including phenoxy) is 1. The van der Waals surface area contributed by atoms with Gasteiger partial charge in [0, 0.05) is 31.4 Å². The predicted octanol–water partition coefficient (Wildman–Crippen LogP) is 2.00. The molecule has 1 aliphatic heterocycles. The molecule has 11 heteroatoms. The highest BCUT2D eigenvalue weighted by Gasteiger charge is 2.26. The molecule has 180 valence electrons. The summed E-state index contributed by atoms with van der Waals surface area (Å²) in [5.41, 5.74) is 9.00. The Labute approximate surface area is 198 Å². The topological polar surface area (TPSA) is 160 Å². The lowest BCUT2D eigenvalue weighted by atomic mass is 10.0. The highest BCUT2D eigenvalue weighted by atomic mass is 16.5. The molecule has 3 aromatic heterocycles. The van der Waals surface area contributed by atoms with Crippen molar-refractivity contribution in [2.24, 2.45) is 5.92 Å². The van der Waals surface area contributed by atoms with Gasteiger partial charge in [0.2, 0.25) is 5.95 Å². The number of nitrogens with two attached hydrogens (primary N) is 1. The highest BCUT2D eigenvalue weighted by molar-refractivity contribution is 5.86. The SMILES string of the molecule is CCC[C@@H](CCO)Nc1nc(N)nc2cnn(Cc3ncc(C4C[C@@H](C#N)CN4)cc3OC)c12. The van der Waals surface area contributed by atoms with Crippen LogP contribution in [0.1, 0.15) is 49.9 Å². The van der Waals surface area contributed by atoms with E-state index in [1.54, 1.807) is 18.0 Å². The fourth-order valence-corrected chi connectivity index (χ4v) is 4.43. The number of hydrogen-bond acceptors (Lipinski definition) is 10. The van der Waals surface area contributed by atoms with Gasteiger partial charge in [-0.05, 0) is 30.9 Å². The molecule has 34 heavy (non-hydrogen) atoms. The van der Waals surface area contributed by atoms with Crippen molar-refractivity contribution in [1.29, 1.82) is 5.26 Å². The van der Waals surface area contributed by atoms with Crippen LogP contribution in [0, 0.1) is 17.2 Å². The van der Waals surface area contributed by atoms with Crippen molar-refractivity contribution in [3.63, 3.8) is 0 Å². The predicted molar refractivity (Wildman–Crippen MR) is 128 cm³/mol. The van der Waals surface area contributed by atoms with Crippen LogP contribution in [-0.4, -0.2) is 56.1 Å². The van der Waals surface area contributed by atoms with Crippen LogP contribution in [0.15, 0.2) is 18.5 Å². The van der Waals surface area contributed by atoms with E-state index in [0.717, 1.165) is 30.3 Å². The van der Waals surface area contributed by atoms with E-state index in [9.17, 15) is 10.4 Å². The third kappa shape index (κ3) is 5.03. The molecule has 0 saturated carbocycles. The van der Waals surface area contributed by atoms with Gasteiger partial charge in [-0.2, -0.15) is 15.3 Å². The van der Waals surface area contributed by atoms with E-state index < -0.39 is 0 Å². The number of hydrogen-bond donors (Lipinski definition) is 4. The molecule has 0 aromatic carbocycles. The second kappa shape index (κ2) is 10.6. The Kier molecular flexibility index (Phi) is 7.40. The lowest BCUT2D eigenvalue weighted by Gasteiger charge is -2.19. The summed E-state index contributed by atoms with van der Waals surface area (Å²) in [5.74, 6) is 1.40. The number of nitrogen functional groups attached to an aromatic ring is 1. The maximum Gasteiger partial charge on any atom is 0.222 e. The monoisotopic (exact) mass is 465 g/mol. The first-order chi connectivity index (χ1) is 16.6. The first-order valence-electron chi connectivity index (χ1n) is 11.6. The number of pyridine rings is 1. The lowest BCUT2D eigenvalue weighted by Crippen LogP contribution is -2.22. The van der Waals surface area contributed by atoms with E-state index in [4.69, 9.17) is 10.5 Å². The fourth-order valence-electron chi connectivity index (χ4n) is 4.43. The number of fused-ring (bicyclic) bond motifs is 1. The molecule has 0 amide bonds. The van der Waals surface area contributed by atoms with Crippen molar-refractivity contribution in [2.45, 2.75) is 51.2 Å². The molecule has 0 aliphatic carbocycles. The van der Waals surface area contributed by atoms with Crippen LogP contribution < -0.4 is 21.1 Å². The molecule has 1 fully saturated rings. The second-order valence-electron chi connectivity index (χ2n) is 8.55. The molecule has 3 aromatic rings. The van der Waals surface area contributed by atoms with Gasteiger partial charge < -0.3 is 26.2 Å². The Bertz CT molecular complexity index is 1170. The number of nitrogens with one attached hydrogen (secondary N) is 2. The molecule has 11 nitrogen and oxygen atoms in total. The summed E-state index contributed by atoms with van der Waals surface area (Å²) in [6, 6.07) is 4.43. The van der Waals surface area contributed by atoms with E-state index in [1.807, 2.05) is 12.3 Å². The first kappa shape index (κ1) is 23.7. The number of nitrogens with zero attached hydrogens (tertiary/aromatic N) is 6. The van der Waals surface area contributed by atoms with Crippen LogP contribution in [0.2, 0.25) is 0 Å². The van der Waals surface area contributed by atoms with Crippen molar-refractivity contribution in [2.75, 3.05) is 31.3 Å². The van der Waals surface area contributed by atoms with Crippen molar-refractivity contribution in [3.8, 4) is 11.8 Å². The van der Waals surface area contributed by atoms with Crippen molar-refractivity contribution in [1.82, 2.24) is 30.0 Å². The Morgan fingerprint density at radius 3 is 2.94 bits per heavy atom. The van der Waals surface area contributed by atoms with Gasteiger partial charge in [-0.15, -0.1) is 0 Å². The second-order valence-corrected chi connectivity index (χ2v) is 8.55. The molecule has 1 unspecified atom stereocenters. The Morgan fingerprint density at radius 1 is 1.38 bits per heavy atom. The van der Waals surface area contributed by atoms with E-state index in [-0.39, 0.29) is 30.6 Å². The van der Waals surface area contributed by atoms with Gasteiger partial charge in [0.25, 0.3) is 0 Å². The van der Waals surface area contributed by atoms with Gasteiger partial charge in [-0.1, -0.05) is 13.3 Å². The molecule has 0 radical (unpaired) electrons. The minimum Gasteiger partial charge on any atom is -0.495 e. The zero-order valence-electron chi connectivity index (χ0n) is 19.5. The third-order valence-electron chi connectivity index (χ3n) is 6.15. The van der Waals surface area contributed by atoms with Crippen LogP contribution in [0.25, 0.3) is 11.0 Å². The number of aromatic nitrogens is 5. The van der Waals surface area contributed by atoms with Crippen LogP contribution in [0.5, 0.6) is 5.75 Å². The summed E-state index contributed by atoms with van der Waals surface area (Å²) in [7, 11) is 1.62. The number of aliphatic hydroxyl groups is 1. The summed E-state index contributed by atoms with van der Waals surface area (Å²) >= 11 is 0. The largest absolute Gasteiger partial charge is 0.495 e. The smallest absolute Gasteiger partial charge is 0.222 e. The normalized spacial score (nSPS) is 18.6. The Hall–Kier alpha value is -3.49. The quantitative estimate of drug-likeness (QED) is 0.349. The molecule has 1 saturated heterocycles. The Balaban J connectivity index is 1.64. The molecule has 5 N–H and O–H groups in total. The summed E-state index contributed by atoms with van der Waals surface area (Å²) in [6.07, 6.45) is 6.70. The highest BCUT2D eigenvalue weighted by Crippen LogP contribution is 2.31. The molecule has 3 atom stereocenters. The van der Waals surface area contributed by atoms with Crippen LogP contribution in [0.3, 0.4) is 0 Å². The third-order valence-corrected chi connectivity index (χ3v) is 6.15. The number of methoxy groups -OCH3 is 1. The van der Waals surface area contributed by atoms with Crippen molar-refractivity contribution < 1.29 is 9.84 Å². The molecular weight excluding hydrogens is 434 g/mol. The van der Waals surface area contributed by atoms with E-state index in [1.165, 1.54) is 0 Å². The molecule has 4 heterocycles. The van der Waals surface area contributed by atoms with Crippen molar-refractivity contribution in [3.05, 3.63) is 29.7 Å².